The van der Waals surface area contributed by atoms with Crippen molar-refractivity contribution >= 4 is 5.69 Å². The van der Waals surface area contributed by atoms with E-state index in [1.807, 2.05) is 0 Å². The number of hydrogen-bond acceptors (Lipinski definition) is 3. The van der Waals surface area contributed by atoms with Crippen LogP contribution in [0, 0.1) is 0 Å². The van der Waals surface area contributed by atoms with Crippen molar-refractivity contribution in [2.45, 2.75) is 6.18 Å². The molecule has 0 unspecified atom stereocenters. The standard InChI is InChI=1S/C11H10F3N3O/c1-18-10-6-9(11(12,13)14)16-17(10)8-4-2-7(15)3-5-8/h2-6H,15H2,1H3. The van der Waals surface area contributed by atoms with Crippen LogP contribution in [0.3, 0.4) is 0 Å². The van der Waals surface area contributed by atoms with Crippen molar-refractivity contribution in [2.24, 2.45) is 0 Å². The molecule has 1 aromatic carbocycles. The first kappa shape index (κ1) is 12.3. The first-order chi connectivity index (χ1) is 8.41. The van der Waals surface area contributed by atoms with E-state index in [1.54, 1.807) is 24.3 Å². The molecule has 2 rings (SSSR count). The molecular formula is C11H10F3N3O. The van der Waals surface area contributed by atoms with Crippen LogP contribution < -0.4 is 10.5 Å². The molecule has 0 spiro atoms. The van der Waals surface area contributed by atoms with E-state index in [4.69, 9.17) is 10.5 Å². The minimum absolute atomic E-state index is 0.00657. The Balaban J connectivity index is 2.50. The number of halogens is 3. The quantitative estimate of drug-likeness (QED) is 0.841. The van der Waals surface area contributed by atoms with Crippen molar-refractivity contribution < 1.29 is 17.9 Å². The minimum Gasteiger partial charge on any atom is -0.481 e. The van der Waals surface area contributed by atoms with Crippen molar-refractivity contribution in [1.29, 1.82) is 0 Å². The molecule has 0 saturated heterocycles. The van der Waals surface area contributed by atoms with Gasteiger partial charge in [0.05, 0.1) is 12.8 Å². The Kier molecular flexibility index (Phi) is 2.90. The van der Waals surface area contributed by atoms with Crippen molar-refractivity contribution in [3.8, 4) is 11.6 Å². The highest BCUT2D eigenvalue weighted by Crippen LogP contribution is 2.31. The van der Waals surface area contributed by atoms with Crippen molar-refractivity contribution in [2.75, 3.05) is 12.8 Å². The van der Waals surface area contributed by atoms with Crippen LogP contribution >= 0.6 is 0 Å². The number of aromatic nitrogens is 2. The van der Waals surface area contributed by atoms with Gasteiger partial charge in [0.2, 0.25) is 5.88 Å². The largest absolute Gasteiger partial charge is 0.481 e. The maximum atomic E-state index is 12.5. The molecule has 2 aromatic rings. The third-order valence-corrected chi connectivity index (χ3v) is 2.31. The maximum absolute atomic E-state index is 12.5. The molecule has 0 aliphatic carbocycles. The van der Waals surface area contributed by atoms with Crippen LogP contribution in [0.4, 0.5) is 18.9 Å². The van der Waals surface area contributed by atoms with E-state index in [2.05, 4.69) is 5.10 Å². The lowest BCUT2D eigenvalue weighted by atomic mass is 10.3. The number of nitrogens with zero attached hydrogens (tertiary/aromatic N) is 2. The van der Waals surface area contributed by atoms with Gasteiger partial charge in [-0.3, -0.25) is 0 Å². The lowest BCUT2D eigenvalue weighted by Gasteiger charge is -2.06. The molecule has 0 bridgehead atoms. The van der Waals surface area contributed by atoms with Gasteiger partial charge in [-0.05, 0) is 24.3 Å². The summed E-state index contributed by atoms with van der Waals surface area (Å²) in [6.45, 7) is 0. The summed E-state index contributed by atoms with van der Waals surface area (Å²) in [5, 5.41) is 3.48. The van der Waals surface area contributed by atoms with E-state index in [0.717, 1.165) is 10.7 Å². The Morgan fingerprint density at radius 1 is 1.22 bits per heavy atom. The zero-order chi connectivity index (χ0) is 13.3. The first-order valence-corrected chi connectivity index (χ1v) is 4.99. The van der Waals surface area contributed by atoms with Gasteiger partial charge in [-0.25, -0.2) is 4.68 Å². The molecule has 7 heteroatoms. The van der Waals surface area contributed by atoms with Gasteiger partial charge in [0, 0.05) is 11.8 Å². The van der Waals surface area contributed by atoms with Gasteiger partial charge < -0.3 is 10.5 Å². The van der Waals surface area contributed by atoms with E-state index in [0.29, 0.717) is 11.4 Å². The number of nitrogens with two attached hydrogens (primary N) is 1. The number of anilines is 1. The molecule has 2 N–H and O–H groups in total. The summed E-state index contributed by atoms with van der Waals surface area (Å²) in [5.74, 6) is 0.00657. The van der Waals surface area contributed by atoms with Gasteiger partial charge in [0.1, 0.15) is 0 Å². The smallest absolute Gasteiger partial charge is 0.435 e. The van der Waals surface area contributed by atoms with Crippen molar-refractivity contribution in [3.63, 3.8) is 0 Å². The molecular weight excluding hydrogens is 247 g/mol. The number of benzene rings is 1. The first-order valence-electron chi connectivity index (χ1n) is 4.99. The molecule has 18 heavy (non-hydrogen) atoms. The van der Waals surface area contributed by atoms with Crippen molar-refractivity contribution in [3.05, 3.63) is 36.0 Å². The molecule has 1 heterocycles. The Morgan fingerprint density at radius 2 is 1.83 bits per heavy atom. The predicted octanol–water partition coefficient (Wildman–Crippen LogP) is 2.48. The molecule has 0 fully saturated rings. The van der Waals surface area contributed by atoms with Crippen LogP contribution in [-0.2, 0) is 6.18 Å². The zero-order valence-corrected chi connectivity index (χ0v) is 9.40. The third-order valence-electron chi connectivity index (χ3n) is 2.31. The van der Waals surface area contributed by atoms with Gasteiger partial charge in [0.15, 0.2) is 5.69 Å². The van der Waals surface area contributed by atoms with Crippen LogP contribution in [-0.4, -0.2) is 16.9 Å². The summed E-state index contributed by atoms with van der Waals surface area (Å²) in [6, 6.07) is 7.11. The lowest BCUT2D eigenvalue weighted by Crippen LogP contribution is -2.07. The average molecular weight is 257 g/mol. The number of rotatable bonds is 2. The maximum Gasteiger partial charge on any atom is 0.435 e. The third kappa shape index (κ3) is 2.24. The summed E-state index contributed by atoms with van der Waals surface area (Å²) in [4.78, 5) is 0. The molecule has 1 aromatic heterocycles. The second-order valence-corrected chi connectivity index (χ2v) is 3.57. The summed E-state index contributed by atoms with van der Waals surface area (Å²) < 4.78 is 43.6. The number of nitrogen functional groups attached to an aromatic ring is 1. The fourth-order valence-electron chi connectivity index (χ4n) is 1.45. The van der Waals surface area contributed by atoms with Crippen molar-refractivity contribution in [1.82, 2.24) is 9.78 Å². The number of alkyl halides is 3. The summed E-state index contributed by atoms with van der Waals surface area (Å²) in [5.41, 5.74) is 5.46. The van der Waals surface area contributed by atoms with Crippen LogP contribution in [0.15, 0.2) is 30.3 Å². The van der Waals surface area contributed by atoms with Crippen LogP contribution in [0.1, 0.15) is 5.69 Å². The van der Waals surface area contributed by atoms with Gasteiger partial charge in [0.25, 0.3) is 0 Å². The Labute approximate surface area is 101 Å². The Bertz CT molecular complexity index is 546. The fraction of sp³-hybridized carbons (Fsp3) is 0.182. The zero-order valence-electron chi connectivity index (χ0n) is 9.40. The van der Waals surface area contributed by atoms with E-state index >= 15 is 0 Å². The molecule has 4 nitrogen and oxygen atoms in total. The molecule has 0 atom stereocenters. The fourth-order valence-corrected chi connectivity index (χ4v) is 1.45. The minimum atomic E-state index is -4.51. The lowest BCUT2D eigenvalue weighted by molar-refractivity contribution is -0.141. The molecule has 0 amide bonds. The van der Waals surface area contributed by atoms with E-state index < -0.39 is 11.9 Å². The molecule has 96 valence electrons. The monoisotopic (exact) mass is 257 g/mol. The van der Waals surface area contributed by atoms with E-state index in [1.165, 1.54) is 7.11 Å². The average Bonchev–Trinajstić information content (AvgIpc) is 2.73. The van der Waals surface area contributed by atoms with Crippen LogP contribution in [0.25, 0.3) is 5.69 Å². The van der Waals surface area contributed by atoms with Crippen LogP contribution in [0.5, 0.6) is 5.88 Å². The van der Waals surface area contributed by atoms with Gasteiger partial charge in [-0.2, -0.15) is 18.3 Å². The topological polar surface area (TPSA) is 53.1 Å². The van der Waals surface area contributed by atoms with Gasteiger partial charge in [-0.15, -0.1) is 0 Å². The molecule has 0 aliphatic rings. The molecule has 0 radical (unpaired) electrons. The summed E-state index contributed by atoms with van der Waals surface area (Å²) in [7, 11) is 1.28. The summed E-state index contributed by atoms with van der Waals surface area (Å²) in [6.07, 6.45) is -4.51. The SMILES string of the molecule is COc1cc(C(F)(F)F)nn1-c1ccc(N)cc1. The van der Waals surface area contributed by atoms with Gasteiger partial charge >= 0.3 is 6.18 Å². The number of ether oxygens (including phenoxy) is 1. The highest BCUT2D eigenvalue weighted by molar-refractivity contribution is 5.46. The molecule has 0 aliphatic heterocycles. The second-order valence-electron chi connectivity index (χ2n) is 3.57. The number of methoxy groups -OCH3 is 1. The second kappa shape index (κ2) is 4.25. The van der Waals surface area contributed by atoms with Crippen LogP contribution in [0.2, 0.25) is 0 Å². The number of hydrogen-bond donors (Lipinski definition) is 1. The predicted molar refractivity (Wildman–Crippen MR) is 59.5 cm³/mol. The summed E-state index contributed by atoms with van der Waals surface area (Å²) >= 11 is 0. The van der Waals surface area contributed by atoms with E-state index in [9.17, 15) is 13.2 Å². The Morgan fingerprint density at radius 3 is 2.33 bits per heavy atom. The molecule has 0 saturated carbocycles. The van der Waals surface area contributed by atoms with E-state index in [-0.39, 0.29) is 5.88 Å². The Hall–Kier alpha value is -2.18. The highest BCUT2D eigenvalue weighted by atomic mass is 19.4. The normalized spacial score (nSPS) is 11.6. The highest BCUT2D eigenvalue weighted by Gasteiger charge is 2.35. The van der Waals surface area contributed by atoms with Gasteiger partial charge in [-0.1, -0.05) is 0 Å².